The summed E-state index contributed by atoms with van der Waals surface area (Å²) >= 11 is 0. The lowest BCUT2D eigenvalue weighted by atomic mass is 9.97. The molecule has 6 nitrogen and oxygen atoms in total. The fourth-order valence-corrected chi connectivity index (χ4v) is 2.49. The van der Waals surface area contributed by atoms with Gasteiger partial charge < -0.3 is 14.7 Å². The minimum absolute atomic E-state index is 0.0551. The van der Waals surface area contributed by atoms with Crippen LogP contribution in [0.3, 0.4) is 0 Å². The highest BCUT2D eigenvalue weighted by molar-refractivity contribution is 5.97. The Morgan fingerprint density at radius 2 is 2.15 bits per heavy atom. The van der Waals surface area contributed by atoms with Crippen molar-refractivity contribution in [3.8, 4) is 0 Å². The summed E-state index contributed by atoms with van der Waals surface area (Å²) in [5.74, 6) is 0.511. The van der Waals surface area contributed by atoms with E-state index in [1.807, 2.05) is 27.7 Å². The van der Waals surface area contributed by atoms with Crippen molar-refractivity contribution in [2.45, 2.75) is 52.7 Å². The molecule has 20 heavy (non-hydrogen) atoms. The highest BCUT2D eigenvalue weighted by Gasteiger charge is 2.41. The highest BCUT2D eigenvalue weighted by atomic mass is 16.5. The molecule has 2 heterocycles. The summed E-state index contributed by atoms with van der Waals surface area (Å²) in [5.41, 5.74) is 0.766. The first-order chi connectivity index (χ1) is 9.43. The fraction of sp³-hybridized carbons (Fsp3) is 0.643. The van der Waals surface area contributed by atoms with Crippen molar-refractivity contribution in [3.05, 3.63) is 17.5 Å². The van der Waals surface area contributed by atoms with Crippen LogP contribution in [0.15, 0.2) is 10.6 Å². The summed E-state index contributed by atoms with van der Waals surface area (Å²) in [7, 11) is 0. The summed E-state index contributed by atoms with van der Waals surface area (Å²) in [5, 5.41) is 6.63. The predicted octanol–water partition coefficient (Wildman–Crippen LogP) is 1.24. The van der Waals surface area contributed by atoms with E-state index in [2.05, 4.69) is 10.5 Å². The molecule has 0 aliphatic carbocycles. The van der Waals surface area contributed by atoms with Gasteiger partial charge in [0.1, 0.15) is 12.1 Å². The molecule has 0 saturated carbocycles. The third kappa shape index (κ3) is 2.69. The van der Waals surface area contributed by atoms with Gasteiger partial charge in [-0.3, -0.25) is 9.59 Å². The Morgan fingerprint density at radius 1 is 1.45 bits per heavy atom. The minimum atomic E-state index is -0.464. The molecule has 1 saturated heterocycles. The third-order valence-electron chi connectivity index (χ3n) is 3.58. The Hall–Kier alpha value is -1.85. The van der Waals surface area contributed by atoms with Crippen LogP contribution in [0.1, 0.15) is 38.6 Å². The average molecular weight is 279 g/mol. The largest absolute Gasteiger partial charge is 0.359 e. The van der Waals surface area contributed by atoms with E-state index >= 15 is 0 Å². The van der Waals surface area contributed by atoms with Crippen LogP contribution in [0.5, 0.6) is 0 Å². The maximum Gasteiger partial charge on any atom is 0.246 e. The van der Waals surface area contributed by atoms with Crippen LogP contribution in [0, 0.1) is 12.8 Å². The number of aryl methyl sites for hydroxylation is 1. The van der Waals surface area contributed by atoms with Crippen LogP contribution in [0.4, 0.5) is 0 Å². The van der Waals surface area contributed by atoms with Gasteiger partial charge in [-0.2, -0.15) is 0 Å². The zero-order valence-corrected chi connectivity index (χ0v) is 12.3. The van der Waals surface area contributed by atoms with E-state index in [4.69, 9.17) is 4.52 Å². The Balaban J connectivity index is 2.24. The number of hydrogen-bond acceptors (Lipinski definition) is 4. The molecule has 0 radical (unpaired) electrons. The lowest BCUT2D eigenvalue weighted by Crippen LogP contribution is -2.64. The number of rotatable bonds is 4. The van der Waals surface area contributed by atoms with Crippen molar-refractivity contribution in [1.29, 1.82) is 0 Å². The van der Waals surface area contributed by atoms with Crippen molar-refractivity contribution in [2.24, 2.45) is 5.92 Å². The van der Waals surface area contributed by atoms with Gasteiger partial charge >= 0.3 is 0 Å². The zero-order chi connectivity index (χ0) is 14.9. The van der Waals surface area contributed by atoms with Gasteiger partial charge in [-0.25, -0.2) is 0 Å². The van der Waals surface area contributed by atoms with E-state index < -0.39 is 12.1 Å². The molecule has 2 rings (SSSR count). The second kappa shape index (κ2) is 5.64. The van der Waals surface area contributed by atoms with Gasteiger partial charge in [0.25, 0.3) is 0 Å². The summed E-state index contributed by atoms with van der Waals surface area (Å²) < 4.78 is 5.16. The minimum Gasteiger partial charge on any atom is -0.359 e. The van der Waals surface area contributed by atoms with Gasteiger partial charge in [-0.1, -0.05) is 25.9 Å². The molecular weight excluding hydrogens is 258 g/mol. The Morgan fingerprint density at radius 3 is 2.65 bits per heavy atom. The van der Waals surface area contributed by atoms with E-state index in [1.165, 1.54) is 0 Å². The topological polar surface area (TPSA) is 75.4 Å². The average Bonchev–Trinajstić information content (AvgIpc) is 2.79. The van der Waals surface area contributed by atoms with Crippen LogP contribution in [-0.2, 0) is 16.1 Å². The van der Waals surface area contributed by atoms with Crippen molar-refractivity contribution < 1.29 is 14.1 Å². The molecule has 110 valence electrons. The number of carbonyl (C=O) groups excluding carboxylic acids is 2. The van der Waals surface area contributed by atoms with Crippen LogP contribution < -0.4 is 5.32 Å². The van der Waals surface area contributed by atoms with Gasteiger partial charge in [-0.15, -0.1) is 0 Å². The summed E-state index contributed by atoms with van der Waals surface area (Å²) in [6.45, 7) is 7.85. The number of nitrogens with one attached hydrogen (secondary N) is 1. The summed E-state index contributed by atoms with van der Waals surface area (Å²) in [6.07, 6.45) is 0.579. The normalized spacial score (nSPS) is 23.4. The molecule has 0 bridgehead atoms. The molecule has 1 aromatic rings. The van der Waals surface area contributed by atoms with Crippen molar-refractivity contribution in [3.63, 3.8) is 0 Å². The third-order valence-corrected chi connectivity index (χ3v) is 3.58. The predicted molar refractivity (Wildman–Crippen MR) is 72.6 cm³/mol. The number of amides is 2. The molecule has 1 aromatic heterocycles. The van der Waals surface area contributed by atoms with Crippen LogP contribution in [0.25, 0.3) is 0 Å². The number of aromatic nitrogens is 1. The van der Waals surface area contributed by atoms with Gasteiger partial charge in [0.05, 0.1) is 12.2 Å². The number of carbonyl (C=O) groups is 2. The molecule has 2 atom stereocenters. The first-order valence-electron chi connectivity index (χ1n) is 6.97. The molecule has 2 amide bonds. The van der Waals surface area contributed by atoms with E-state index in [0.29, 0.717) is 12.2 Å². The summed E-state index contributed by atoms with van der Waals surface area (Å²) in [6, 6.07) is 0.883. The standard InChI is InChI=1S/C14H21N3O3/c1-5-11-13(18)15-12(8(2)3)14(19)17(11)7-10-6-9(4)16-20-10/h6,8,11-12H,5,7H2,1-4H3,(H,15,18). The Bertz CT molecular complexity index is 510. The van der Waals surface area contributed by atoms with Crippen LogP contribution >= 0.6 is 0 Å². The van der Waals surface area contributed by atoms with Gasteiger partial charge in [0.2, 0.25) is 11.8 Å². The van der Waals surface area contributed by atoms with Crippen molar-refractivity contribution in [1.82, 2.24) is 15.4 Å². The first-order valence-corrected chi connectivity index (χ1v) is 6.97. The van der Waals surface area contributed by atoms with E-state index in [-0.39, 0.29) is 24.3 Å². The maximum absolute atomic E-state index is 12.5. The Labute approximate surface area is 118 Å². The highest BCUT2D eigenvalue weighted by Crippen LogP contribution is 2.20. The van der Waals surface area contributed by atoms with E-state index in [0.717, 1.165) is 5.69 Å². The number of hydrogen-bond donors (Lipinski definition) is 1. The van der Waals surface area contributed by atoms with Crippen molar-refractivity contribution in [2.75, 3.05) is 0 Å². The molecule has 1 aliphatic rings. The molecule has 6 heteroatoms. The smallest absolute Gasteiger partial charge is 0.246 e. The van der Waals surface area contributed by atoms with Gasteiger partial charge in [0, 0.05) is 6.07 Å². The molecule has 0 aromatic carbocycles. The molecule has 1 N–H and O–H groups in total. The number of nitrogens with zero attached hydrogens (tertiary/aromatic N) is 2. The monoisotopic (exact) mass is 279 g/mol. The van der Waals surface area contributed by atoms with E-state index in [1.54, 1.807) is 11.0 Å². The fourth-order valence-electron chi connectivity index (χ4n) is 2.49. The first kappa shape index (κ1) is 14.6. The summed E-state index contributed by atoms with van der Waals surface area (Å²) in [4.78, 5) is 26.3. The maximum atomic E-state index is 12.5. The van der Waals surface area contributed by atoms with Crippen LogP contribution in [0.2, 0.25) is 0 Å². The number of piperazine rings is 1. The quantitative estimate of drug-likeness (QED) is 0.900. The lowest BCUT2D eigenvalue weighted by Gasteiger charge is -2.39. The SMILES string of the molecule is CCC1C(=O)NC(C(C)C)C(=O)N1Cc1cc(C)no1. The Kier molecular flexibility index (Phi) is 4.11. The second-order valence-electron chi connectivity index (χ2n) is 5.56. The lowest BCUT2D eigenvalue weighted by molar-refractivity contribution is -0.151. The van der Waals surface area contributed by atoms with Gasteiger partial charge in [-0.05, 0) is 19.3 Å². The molecular formula is C14H21N3O3. The zero-order valence-electron chi connectivity index (χ0n) is 12.3. The molecule has 1 aliphatic heterocycles. The van der Waals surface area contributed by atoms with Crippen molar-refractivity contribution >= 4 is 11.8 Å². The molecule has 1 fully saturated rings. The second-order valence-corrected chi connectivity index (χ2v) is 5.56. The molecule has 2 unspecified atom stereocenters. The van der Waals surface area contributed by atoms with Gasteiger partial charge in [0.15, 0.2) is 5.76 Å². The van der Waals surface area contributed by atoms with Crippen LogP contribution in [-0.4, -0.2) is 34.0 Å². The molecule has 0 spiro atoms. The van der Waals surface area contributed by atoms with E-state index in [9.17, 15) is 9.59 Å².